The van der Waals surface area contributed by atoms with Crippen molar-refractivity contribution >= 4 is 17.5 Å². The van der Waals surface area contributed by atoms with E-state index in [1.807, 2.05) is 42.5 Å². The van der Waals surface area contributed by atoms with Crippen LogP contribution in [0.15, 0.2) is 72.9 Å². The largest absolute Gasteiger partial charge is 0.492 e. The Balaban J connectivity index is 1.53. The molecule has 0 spiro atoms. The number of aliphatic carboxylic acids is 1. The van der Waals surface area contributed by atoms with E-state index in [9.17, 15) is 14.3 Å². The molecule has 2 aromatic carbocycles. The first kappa shape index (κ1) is 20.1. The van der Waals surface area contributed by atoms with Crippen LogP contribution in [0.5, 0.6) is 5.75 Å². The van der Waals surface area contributed by atoms with Gasteiger partial charge in [-0.2, -0.15) is 0 Å². The number of carboxylic acid groups (broad SMARTS) is 1. The first-order chi connectivity index (χ1) is 14.1. The second-order valence-electron chi connectivity index (χ2n) is 6.36. The smallest absolute Gasteiger partial charge is 0.323 e. The molecule has 3 rings (SSSR count). The average Bonchev–Trinajstić information content (AvgIpc) is 2.73. The summed E-state index contributed by atoms with van der Waals surface area (Å²) >= 11 is 0. The van der Waals surface area contributed by atoms with Crippen molar-refractivity contribution in [1.82, 2.24) is 4.98 Å². The molecule has 150 valence electrons. The van der Waals surface area contributed by atoms with Crippen molar-refractivity contribution in [3.05, 3.63) is 84.3 Å². The molecule has 0 aliphatic heterocycles. The highest BCUT2D eigenvalue weighted by Gasteiger charge is 2.12. The third kappa shape index (κ3) is 6.49. The maximum absolute atomic E-state index is 13.2. The molecule has 0 fully saturated rings. The molecule has 0 radical (unpaired) electrons. The van der Waals surface area contributed by atoms with E-state index in [2.05, 4.69) is 10.3 Å². The lowest BCUT2D eigenvalue weighted by Crippen LogP contribution is -2.29. The Hall–Kier alpha value is -3.61. The van der Waals surface area contributed by atoms with Gasteiger partial charge in [-0.25, -0.2) is 9.37 Å². The number of benzene rings is 2. The average molecular weight is 395 g/mol. The van der Waals surface area contributed by atoms with Crippen LogP contribution in [0.2, 0.25) is 0 Å². The molecule has 0 bridgehead atoms. The summed E-state index contributed by atoms with van der Waals surface area (Å²) in [6, 6.07) is 18.9. The van der Waals surface area contributed by atoms with E-state index in [-0.39, 0.29) is 12.4 Å². The number of nitrogens with zero attached hydrogens (tertiary/aromatic N) is 2. The fourth-order valence-electron chi connectivity index (χ4n) is 2.78. The van der Waals surface area contributed by atoms with E-state index < -0.39 is 5.97 Å². The number of carboxylic acids is 1. The van der Waals surface area contributed by atoms with E-state index in [1.54, 1.807) is 23.2 Å². The first-order valence-corrected chi connectivity index (χ1v) is 9.19. The van der Waals surface area contributed by atoms with Crippen molar-refractivity contribution in [3.8, 4) is 5.75 Å². The van der Waals surface area contributed by atoms with Crippen molar-refractivity contribution in [1.29, 1.82) is 0 Å². The van der Waals surface area contributed by atoms with E-state index in [0.717, 1.165) is 17.1 Å². The number of anilines is 2. The maximum atomic E-state index is 13.2. The topological polar surface area (TPSA) is 74.7 Å². The highest BCUT2D eigenvalue weighted by atomic mass is 19.1. The molecule has 3 aromatic rings. The lowest BCUT2D eigenvalue weighted by molar-refractivity contribution is -0.135. The predicted octanol–water partition coefficient (Wildman–Crippen LogP) is 3.80. The van der Waals surface area contributed by atoms with Crippen molar-refractivity contribution < 1.29 is 19.0 Å². The van der Waals surface area contributed by atoms with Crippen LogP contribution >= 0.6 is 0 Å². The number of hydrogen-bond acceptors (Lipinski definition) is 5. The van der Waals surface area contributed by atoms with Crippen LogP contribution in [0, 0.1) is 5.82 Å². The van der Waals surface area contributed by atoms with Gasteiger partial charge < -0.3 is 20.1 Å². The summed E-state index contributed by atoms with van der Waals surface area (Å²) in [6.45, 7) is 1.31. The molecule has 0 unspecified atom stereocenters. The van der Waals surface area contributed by atoms with Gasteiger partial charge in [-0.15, -0.1) is 0 Å². The SMILES string of the molecule is O=C(O)CN(Cc1ccc(OCCNc2ccccn2)cc1)c1ccc(F)cc1. The fraction of sp³-hybridized carbons (Fsp3) is 0.182. The Morgan fingerprint density at radius 3 is 2.48 bits per heavy atom. The van der Waals surface area contributed by atoms with Gasteiger partial charge in [0.15, 0.2) is 0 Å². The summed E-state index contributed by atoms with van der Waals surface area (Å²) in [5.74, 6) is 0.214. The van der Waals surface area contributed by atoms with Crippen molar-refractivity contribution in [2.24, 2.45) is 0 Å². The zero-order valence-corrected chi connectivity index (χ0v) is 15.8. The van der Waals surface area contributed by atoms with Crippen LogP contribution in [-0.2, 0) is 11.3 Å². The van der Waals surface area contributed by atoms with E-state index in [0.29, 0.717) is 25.4 Å². The van der Waals surface area contributed by atoms with E-state index in [4.69, 9.17) is 4.74 Å². The Bertz CT molecular complexity index is 903. The molecule has 0 aliphatic carbocycles. The molecular formula is C22H22FN3O3. The number of nitrogens with one attached hydrogen (secondary N) is 1. The lowest BCUT2D eigenvalue weighted by atomic mass is 10.2. The number of rotatable bonds is 10. The summed E-state index contributed by atoms with van der Waals surface area (Å²) in [5.41, 5.74) is 1.57. The van der Waals surface area contributed by atoms with Gasteiger partial charge in [0.1, 0.15) is 30.5 Å². The molecular weight excluding hydrogens is 373 g/mol. The number of halogens is 1. The Labute approximate surface area is 168 Å². The van der Waals surface area contributed by atoms with Crippen LogP contribution in [0.1, 0.15) is 5.56 Å². The van der Waals surface area contributed by atoms with Gasteiger partial charge in [0.25, 0.3) is 0 Å². The normalized spacial score (nSPS) is 10.4. The van der Waals surface area contributed by atoms with Crippen LogP contribution in [-0.4, -0.2) is 35.8 Å². The van der Waals surface area contributed by atoms with Crippen LogP contribution in [0.25, 0.3) is 0 Å². The molecule has 1 aromatic heterocycles. The summed E-state index contributed by atoms with van der Waals surface area (Å²) in [5, 5.41) is 12.3. The molecule has 1 heterocycles. The number of carbonyl (C=O) groups is 1. The monoisotopic (exact) mass is 395 g/mol. The second-order valence-corrected chi connectivity index (χ2v) is 6.36. The second kappa shape index (κ2) is 10.1. The van der Waals surface area contributed by atoms with Gasteiger partial charge in [-0.3, -0.25) is 4.79 Å². The van der Waals surface area contributed by atoms with Crippen molar-refractivity contribution in [2.75, 3.05) is 29.9 Å². The highest BCUT2D eigenvalue weighted by molar-refractivity contribution is 5.73. The third-order valence-electron chi connectivity index (χ3n) is 4.16. The molecule has 7 heteroatoms. The lowest BCUT2D eigenvalue weighted by Gasteiger charge is -2.23. The minimum atomic E-state index is -0.949. The summed E-state index contributed by atoms with van der Waals surface area (Å²) in [4.78, 5) is 17.1. The van der Waals surface area contributed by atoms with Gasteiger partial charge in [0.05, 0.1) is 6.54 Å². The quantitative estimate of drug-likeness (QED) is 0.509. The maximum Gasteiger partial charge on any atom is 0.323 e. The highest BCUT2D eigenvalue weighted by Crippen LogP contribution is 2.19. The van der Waals surface area contributed by atoms with Gasteiger partial charge in [-0.05, 0) is 54.1 Å². The number of ether oxygens (including phenoxy) is 1. The van der Waals surface area contributed by atoms with Gasteiger partial charge in [-0.1, -0.05) is 18.2 Å². The number of pyridine rings is 1. The zero-order chi connectivity index (χ0) is 20.5. The van der Waals surface area contributed by atoms with E-state index in [1.165, 1.54) is 12.1 Å². The molecule has 0 atom stereocenters. The summed E-state index contributed by atoms with van der Waals surface area (Å²) < 4.78 is 18.9. The van der Waals surface area contributed by atoms with Crippen LogP contribution < -0.4 is 15.0 Å². The van der Waals surface area contributed by atoms with Crippen LogP contribution in [0.4, 0.5) is 15.9 Å². The van der Waals surface area contributed by atoms with Crippen molar-refractivity contribution in [2.45, 2.75) is 6.54 Å². The third-order valence-corrected chi connectivity index (χ3v) is 4.16. The Morgan fingerprint density at radius 1 is 1.07 bits per heavy atom. The molecule has 0 saturated carbocycles. The molecule has 0 amide bonds. The summed E-state index contributed by atoms with van der Waals surface area (Å²) in [7, 11) is 0. The minimum Gasteiger partial charge on any atom is -0.492 e. The van der Waals surface area contributed by atoms with Gasteiger partial charge >= 0.3 is 5.97 Å². The van der Waals surface area contributed by atoms with Gasteiger partial charge in [0.2, 0.25) is 0 Å². The van der Waals surface area contributed by atoms with Crippen molar-refractivity contribution in [3.63, 3.8) is 0 Å². The number of hydrogen-bond donors (Lipinski definition) is 2. The Morgan fingerprint density at radius 2 is 1.83 bits per heavy atom. The first-order valence-electron chi connectivity index (χ1n) is 9.19. The number of aromatic nitrogens is 1. The molecule has 0 aliphatic rings. The standard InChI is InChI=1S/C22H22FN3O3/c23-18-6-8-19(9-7-18)26(16-22(27)28)15-17-4-10-20(11-5-17)29-14-13-25-21-3-1-2-12-24-21/h1-12H,13-16H2,(H,24,25)(H,27,28). The molecule has 2 N–H and O–H groups in total. The zero-order valence-electron chi connectivity index (χ0n) is 15.8. The minimum absolute atomic E-state index is 0.178. The van der Waals surface area contributed by atoms with E-state index >= 15 is 0 Å². The van der Waals surface area contributed by atoms with Crippen LogP contribution in [0.3, 0.4) is 0 Å². The fourth-order valence-corrected chi connectivity index (χ4v) is 2.78. The predicted molar refractivity (Wildman–Crippen MR) is 110 cm³/mol. The summed E-state index contributed by atoms with van der Waals surface area (Å²) in [6.07, 6.45) is 1.72. The Kier molecular flexibility index (Phi) is 7.00. The molecule has 6 nitrogen and oxygen atoms in total. The molecule has 0 saturated heterocycles. The van der Waals surface area contributed by atoms with Gasteiger partial charge in [0, 0.05) is 18.4 Å². The molecule has 29 heavy (non-hydrogen) atoms.